The minimum Gasteiger partial charge on any atom is -0.402 e. The number of fused-ring (bicyclic) bond motifs is 2. The molecule has 41 heavy (non-hydrogen) atoms. The van der Waals surface area contributed by atoms with Gasteiger partial charge in [-0.05, 0) is 79.2 Å². The number of alkyl halides is 3. The molecule has 1 atom stereocenters. The number of halogens is 4. The van der Waals surface area contributed by atoms with Gasteiger partial charge in [-0.3, -0.25) is 9.78 Å². The van der Waals surface area contributed by atoms with Crippen LogP contribution in [0.15, 0.2) is 65.6 Å². The van der Waals surface area contributed by atoms with Crippen molar-refractivity contribution in [2.75, 3.05) is 19.6 Å². The summed E-state index contributed by atoms with van der Waals surface area (Å²) in [7, 11) is 0. The van der Waals surface area contributed by atoms with Crippen molar-refractivity contribution in [1.82, 2.24) is 24.1 Å². The van der Waals surface area contributed by atoms with Crippen LogP contribution in [0.5, 0.6) is 0 Å². The molecular formula is C28H29F4N7OS. The van der Waals surface area contributed by atoms with E-state index in [0.717, 1.165) is 41.6 Å². The molecule has 216 valence electrons. The van der Waals surface area contributed by atoms with Gasteiger partial charge in [-0.2, -0.15) is 18.3 Å². The van der Waals surface area contributed by atoms with Crippen LogP contribution in [0.2, 0.25) is 0 Å². The first-order valence-electron chi connectivity index (χ1n) is 13.0. The summed E-state index contributed by atoms with van der Waals surface area (Å²) in [4.78, 5) is 18.3. The molecule has 3 aromatic rings. The molecule has 0 spiro atoms. The molecule has 2 aliphatic rings. The van der Waals surface area contributed by atoms with Crippen LogP contribution in [-0.4, -0.2) is 49.5 Å². The van der Waals surface area contributed by atoms with E-state index in [2.05, 4.69) is 10.1 Å². The number of hydrogen-bond donors (Lipinski definition) is 2. The van der Waals surface area contributed by atoms with E-state index in [1.807, 2.05) is 17.3 Å². The molecule has 1 aromatic carbocycles. The maximum atomic E-state index is 14.2. The fourth-order valence-electron chi connectivity index (χ4n) is 5.32. The lowest BCUT2D eigenvalue weighted by Crippen LogP contribution is -2.50. The summed E-state index contributed by atoms with van der Waals surface area (Å²) in [6.45, 7) is 3.29. The maximum absolute atomic E-state index is 14.2. The monoisotopic (exact) mass is 587 g/mol. The highest BCUT2D eigenvalue weighted by molar-refractivity contribution is 8.00. The summed E-state index contributed by atoms with van der Waals surface area (Å²) in [6, 6.07) is 7.55. The van der Waals surface area contributed by atoms with Gasteiger partial charge in [-0.1, -0.05) is 12.5 Å². The Labute approximate surface area is 238 Å². The van der Waals surface area contributed by atoms with E-state index in [0.29, 0.717) is 30.2 Å². The van der Waals surface area contributed by atoms with Crippen LogP contribution in [0.1, 0.15) is 47.1 Å². The minimum atomic E-state index is -4.62. The molecule has 3 heterocycles. The van der Waals surface area contributed by atoms with Crippen LogP contribution in [0.4, 0.5) is 17.6 Å². The van der Waals surface area contributed by atoms with Crippen molar-refractivity contribution in [2.45, 2.75) is 32.4 Å². The van der Waals surface area contributed by atoms with Gasteiger partial charge in [0.1, 0.15) is 16.5 Å². The van der Waals surface area contributed by atoms with E-state index in [-0.39, 0.29) is 24.5 Å². The molecule has 4 N–H and O–H groups in total. The predicted molar refractivity (Wildman–Crippen MR) is 148 cm³/mol. The number of piperidine rings is 1. The van der Waals surface area contributed by atoms with E-state index < -0.39 is 22.9 Å². The Balaban J connectivity index is 1.56. The van der Waals surface area contributed by atoms with Gasteiger partial charge in [0.2, 0.25) is 0 Å². The second-order valence-electron chi connectivity index (χ2n) is 10.0. The second kappa shape index (κ2) is 11.3. The lowest BCUT2D eigenvalue weighted by molar-refractivity contribution is -0.137. The predicted octanol–water partition coefficient (Wildman–Crippen LogP) is 4.93. The fourth-order valence-corrected chi connectivity index (χ4v) is 6.31. The number of hydrazine groups is 1. The van der Waals surface area contributed by atoms with Gasteiger partial charge >= 0.3 is 6.18 Å². The van der Waals surface area contributed by atoms with E-state index in [4.69, 9.17) is 11.6 Å². The molecule has 8 nitrogen and oxygen atoms in total. The third-order valence-corrected chi connectivity index (χ3v) is 8.45. The van der Waals surface area contributed by atoms with Crippen molar-refractivity contribution in [3.63, 3.8) is 0 Å². The highest BCUT2D eigenvalue weighted by atomic mass is 32.2. The topological polar surface area (TPSA) is 106 Å². The van der Waals surface area contributed by atoms with E-state index in [9.17, 15) is 22.4 Å². The summed E-state index contributed by atoms with van der Waals surface area (Å²) < 4.78 is 57.8. The number of nitrogens with two attached hydrogens (primary N) is 2. The summed E-state index contributed by atoms with van der Waals surface area (Å²) in [5.41, 5.74) is 6.37. The smallest absolute Gasteiger partial charge is 0.402 e. The molecule has 1 unspecified atom stereocenters. The standard InChI is InChI=1S/C28H29F4N7OS/c1-2-10-38(34)25(15-33)41-37-11-8-19-13-24-18(16-36-39(24)22-5-3-21(29)4-6-22)14-27(19,17-37)26(40)23-12-20(7-9-35-23)28(30,31)32/h3-7,9,12-13,15-16H,2,8,10-11,14,17,33-34H2,1H3/b25-15+. The Hall–Kier alpha value is -3.68. The van der Waals surface area contributed by atoms with Crippen molar-refractivity contribution in [2.24, 2.45) is 17.0 Å². The number of aromatic nitrogens is 3. The van der Waals surface area contributed by atoms with Crippen molar-refractivity contribution in [3.05, 3.63) is 93.9 Å². The third kappa shape index (κ3) is 5.61. The zero-order valence-electron chi connectivity index (χ0n) is 22.2. The van der Waals surface area contributed by atoms with Crippen LogP contribution in [0.3, 0.4) is 0 Å². The summed E-state index contributed by atoms with van der Waals surface area (Å²) in [6.07, 6.45) is 2.78. The van der Waals surface area contributed by atoms with Crippen LogP contribution in [-0.2, 0) is 12.6 Å². The van der Waals surface area contributed by atoms with Crippen molar-refractivity contribution in [3.8, 4) is 5.69 Å². The first-order chi connectivity index (χ1) is 19.6. The van der Waals surface area contributed by atoms with E-state index in [1.165, 1.54) is 35.3 Å². The van der Waals surface area contributed by atoms with Gasteiger partial charge in [0.25, 0.3) is 0 Å². The minimum absolute atomic E-state index is 0.193. The molecule has 2 aromatic heterocycles. The highest BCUT2D eigenvalue weighted by Crippen LogP contribution is 2.48. The van der Waals surface area contributed by atoms with Crippen molar-refractivity contribution >= 4 is 23.8 Å². The van der Waals surface area contributed by atoms with Gasteiger partial charge in [0.05, 0.1) is 28.6 Å². The summed E-state index contributed by atoms with van der Waals surface area (Å²) in [5.74, 6) is 5.29. The number of carbonyl (C=O) groups excluding carboxylic acids is 1. The largest absolute Gasteiger partial charge is 0.416 e. The Kier molecular flexibility index (Phi) is 7.95. The molecule has 1 saturated heterocycles. The number of rotatable bonds is 8. The van der Waals surface area contributed by atoms with Crippen LogP contribution < -0.4 is 11.6 Å². The van der Waals surface area contributed by atoms with Gasteiger partial charge in [-0.25, -0.2) is 19.2 Å². The SMILES string of the molecule is CCCN(N)/C(=C\N)SN1CCC2=Cc3c(cnn3-c3ccc(F)cc3)CC2(C(=O)c2cc(C(F)(F)F)ccn2)C1. The molecular weight excluding hydrogens is 558 g/mol. The lowest BCUT2D eigenvalue weighted by atomic mass is 9.65. The van der Waals surface area contributed by atoms with Crippen LogP contribution in [0, 0.1) is 11.2 Å². The number of hydrogen-bond acceptors (Lipinski definition) is 8. The average Bonchev–Trinajstić information content (AvgIpc) is 3.36. The van der Waals surface area contributed by atoms with Gasteiger partial charge in [-0.15, -0.1) is 0 Å². The molecule has 1 fully saturated rings. The van der Waals surface area contributed by atoms with Crippen LogP contribution >= 0.6 is 11.9 Å². The summed E-state index contributed by atoms with van der Waals surface area (Å²) >= 11 is 1.31. The first kappa shape index (κ1) is 28.8. The normalized spacial score (nSPS) is 19.4. The Bertz CT molecular complexity index is 1500. The molecule has 0 amide bonds. The second-order valence-corrected chi connectivity index (χ2v) is 11.1. The number of nitrogens with zero attached hydrogens (tertiary/aromatic N) is 5. The molecule has 13 heteroatoms. The average molecular weight is 588 g/mol. The van der Waals surface area contributed by atoms with E-state index in [1.54, 1.807) is 23.0 Å². The van der Waals surface area contributed by atoms with Crippen LogP contribution in [0.25, 0.3) is 11.8 Å². The third-order valence-electron chi connectivity index (χ3n) is 7.32. The highest BCUT2D eigenvalue weighted by Gasteiger charge is 2.50. The Morgan fingerprint density at radius 3 is 2.68 bits per heavy atom. The van der Waals surface area contributed by atoms with Gasteiger partial charge in [0.15, 0.2) is 5.78 Å². The zero-order valence-corrected chi connectivity index (χ0v) is 23.1. The molecule has 1 aliphatic carbocycles. The first-order valence-corrected chi connectivity index (χ1v) is 13.8. The fraction of sp³-hybridized carbons (Fsp3) is 0.321. The molecule has 0 saturated carbocycles. The quantitative estimate of drug-likeness (QED) is 0.126. The number of ketones is 1. The molecule has 0 bridgehead atoms. The molecule has 0 radical (unpaired) electrons. The van der Waals surface area contributed by atoms with E-state index >= 15 is 0 Å². The molecule has 1 aliphatic heterocycles. The van der Waals surface area contributed by atoms with Gasteiger partial charge in [0, 0.05) is 32.0 Å². The lowest BCUT2D eigenvalue weighted by Gasteiger charge is -2.45. The Morgan fingerprint density at radius 1 is 1.24 bits per heavy atom. The Morgan fingerprint density at radius 2 is 2.00 bits per heavy atom. The number of carbonyl (C=O) groups is 1. The number of pyridine rings is 1. The maximum Gasteiger partial charge on any atom is 0.416 e. The number of Topliss-reactive ketones (excluding diaryl/α,β-unsaturated/α-hetero) is 1. The van der Waals surface area contributed by atoms with Crippen molar-refractivity contribution < 1.29 is 22.4 Å². The van der Waals surface area contributed by atoms with Gasteiger partial charge < -0.3 is 10.7 Å². The number of benzene rings is 1. The van der Waals surface area contributed by atoms with Crippen molar-refractivity contribution in [1.29, 1.82) is 0 Å². The zero-order chi connectivity index (χ0) is 29.4. The summed E-state index contributed by atoms with van der Waals surface area (Å²) in [5, 5.41) is 6.63. The molecule has 5 rings (SSSR count).